The smallest absolute Gasteiger partial charge is 0.309 e. The first kappa shape index (κ1) is 20.0. The first-order valence-electron chi connectivity index (χ1n) is 9.47. The van der Waals surface area contributed by atoms with Crippen LogP contribution in [-0.4, -0.2) is 54.5 Å². The zero-order valence-corrected chi connectivity index (χ0v) is 16.1. The third-order valence-electron chi connectivity index (χ3n) is 4.79. The van der Waals surface area contributed by atoms with E-state index in [0.29, 0.717) is 26.3 Å². The van der Waals surface area contributed by atoms with Crippen molar-refractivity contribution in [3.8, 4) is 0 Å². The first-order chi connectivity index (χ1) is 13.6. The summed E-state index contributed by atoms with van der Waals surface area (Å²) in [5.41, 5.74) is 3.11. The van der Waals surface area contributed by atoms with Gasteiger partial charge in [-0.3, -0.25) is 19.5 Å². The Morgan fingerprint density at radius 2 is 1.82 bits per heavy atom. The lowest BCUT2D eigenvalue weighted by Crippen LogP contribution is -2.46. The van der Waals surface area contributed by atoms with Gasteiger partial charge in [0.1, 0.15) is 0 Å². The average Bonchev–Trinajstić information content (AvgIpc) is 2.74. The highest BCUT2D eigenvalue weighted by Crippen LogP contribution is 2.20. The van der Waals surface area contributed by atoms with Crippen LogP contribution in [0.4, 0.5) is 0 Å². The Morgan fingerprint density at radius 3 is 2.50 bits per heavy atom. The third-order valence-corrected chi connectivity index (χ3v) is 4.79. The number of nitrogens with one attached hydrogen (secondary N) is 2. The molecular formula is C21H26N4O3. The Balaban J connectivity index is 1.55. The molecule has 0 saturated carbocycles. The quantitative estimate of drug-likeness (QED) is 0.734. The highest BCUT2D eigenvalue weighted by molar-refractivity contribution is 6.35. The van der Waals surface area contributed by atoms with Gasteiger partial charge in [0.05, 0.1) is 19.3 Å². The van der Waals surface area contributed by atoms with Crippen molar-refractivity contribution in [1.82, 2.24) is 20.5 Å². The van der Waals surface area contributed by atoms with Gasteiger partial charge in [-0.1, -0.05) is 35.9 Å². The number of ether oxygens (including phenoxy) is 1. The van der Waals surface area contributed by atoms with Crippen molar-refractivity contribution in [3.63, 3.8) is 0 Å². The molecule has 1 atom stereocenters. The maximum Gasteiger partial charge on any atom is 0.309 e. The van der Waals surface area contributed by atoms with Crippen molar-refractivity contribution in [2.45, 2.75) is 19.5 Å². The van der Waals surface area contributed by atoms with Crippen LogP contribution in [0.15, 0.2) is 48.8 Å². The number of aryl methyl sites for hydroxylation is 1. The van der Waals surface area contributed by atoms with Gasteiger partial charge in [-0.25, -0.2) is 0 Å². The molecule has 7 heteroatoms. The van der Waals surface area contributed by atoms with Gasteiger partial charge < -0.3 is 15.4 Å². The van der Waals surface area contributed by atoms with Crippen LogP contribution in [0, 0.1) is 6.92 Å². The number of nitrogens with zero attached hydrogens (tertiary/aromatic N) is 2. The molecule has 148 valence electrons. The largest absolute Gasteiger partial charge is 0.379 e. The molecule has 0 spiro atoms. The molecule has 1 aromatic carbocycles. The Morgan fingerprint density at radius 1 is 1.11 bits per heavy atom. The second-order valence-electron chi connectivity index (χ2n) is 6.83. The SMILES string of the molecule is Cc1ccc(CNC(=O)C(=O)NC[C@H](c2cccnc2)N2CCOCC2)cc1. The maximum atomic E-state index is 12.3. The van der Waals surface area contributed by atoms with Gasteiger partial charge in [0.2, 0.25) is 0 Å². The normalized spacial score (nSPS) is 15.6. The van der Waals surface area contributed by atoms with E-state index in [4.69, 9.17) is 4.74 Å². The molecule has 1 saturated heterocycles. The van der Waals surface area contributed by atoms with E-state index in [1.165, 1.54) is 0 Å². The molecule has 28 heavy (non-hydrogen) atoms. The number of morpholine rings is 1. The van der Waals surface area contributed by atoms with E-state index in [9.17, 15) is 9.59 Å². The fraction of sp³-hybridized carbons (Fsp3) is 0.381. The molecule has 0 radical (unpaired) electrons. The summed E-state index contributed by atoms with van der Waals surface area (Å²) in [5.74, 6) is -1.26. The van der Waals surface area contributed by atoms with Gasteiger partial charge in [-0.05, 0) is 24.1 Å². The molecule has 0 bridgehead atoms. The lowest BCUT2D eigenvalue weighted by Gasteiger charge is -2.34. The minimum atomic E-state index is -0.632. The van der Waals surface area contributed by atoms with E-state index in [0.717, 1.165) is 29.8 Å². The molecule has 2 amide bonds. The van der Waals surface area contributed by atoms with Crippen LogP contribution in [0.1, 0.15) is 22.7 Å². The predicted octanol–water partition coefficient (Wildman–Crippen LogP) is 1.20. The summed E-state index contributed by atoms with van der Waals surface area (Å²) >= 11 is 0. The van der Waals surface area contributed by atoms with Gasteiger partial charge in [0.25, 0.3) is 0 Å². The number of hydrogen-bond acceptors (Lipinski definition) is 5. The Hall–Kier alpha value is -2.77. The number of hydrogen-bond donors (Lipinski definition) is 2. The zero-order valence-electron chi connectivity index (χ0n) is 16.1. The second kappa shape index (κ2) is 9.96. The minimum Gasteiger partial charge on any atom is -0.379 e. The molecule has 2 heterocycles. The van der Waals surface area contributed by atoms with E-state index in [1.807, 2.05) is 43.3 Å². The van der Waals surface area contributed by atoms with E-state index in [1.54, 1.807) is 12.4 Å². The maximum absolute atomic E-state index is 12.3. The lowest BCUT2D eigenvalue weighted by molar-refractivity contribution is -0.139. The lowest BCUT2D eigenvalue weighted by atomic mass is 10.1. The van der Waals surface area contributed by atoms with Crippen LogP contribution >= 0.6 is 0 Å². The molecular weight excluding hydrogens is 356 g/mol. The van der Waals surface area contributed by atoms with E-state index >= 15 is 0 Å². The number of rotatable bonds is 6. The van der Waals surface area contributed by atoms with Crippen molar-refractivity contribution in [1.29, 1.82) is 0 Å². The van der Waals surface area contributed by atoms with Crippen LogP contribution in [0.5, 0.6) is 0 Å². The minimum absolute atomic E-state index is 0.0496. The molecule has 7 nitrogen and oxygen atoms in total. The Bertz CT molecular complexity index is 774. The zero-order chi connectivity index (χ0) is 19.8. The van der Waals surface area contributed by atoms with Gasteiger partial charge in [-0.2, -0.15) is 0 Å². The van der Waals surface area contributed by atoms with Crippen molar-refractivity contribution >= 4 is 11.8 Å². The summed E-state index contributed by atoms with van der Waals surface area (Å²) in [6, 6.07) is 11.6. The topological polar surface area (TPSA) is 83.6 Å². The number of carbonyl (C=O) groups is 2. The molecule has 2 N–H and O–H groups in total. The van der Waals surface area contributed by atoms with Crippen LogP contribution in [-0.2, 0) is 20.9 Å². The fourth-order valence-electron chi connectivity index (χ4n) is 3.16. The number of amides is 2. The summed E-state index contributed by atoms with van der Waals surface area (Å²) in [4.78, 5) is 30.8. The molecule has 3 rings (SSSR count). The molecule has 1 aliphatic heterocycles. The van der Waals surface area contributed by atoms with Crippen LogP contribution in [0.3, 0.4) is 0 Å². The third kappa shape index (κ3) is 5.61. The monoisotopic (exact) mass is 382 g/mol. The Labute approximate surface area is 165 Å². The highest BCUT2D eigenvalue weighted by atomic mass is 16.5. The standard InChI is InChI=1S/C21H26N4O3/c1-16-4-6-17(7-5-16)13-23-20(26)21(27)24-15-19(18-3-2-8-22-14-18)25-9-11-28-12-10-25/h2-8,14,19H,9-13,15H2,1H3,(H,23,26)(H,24,27)/t19-/m1/s1. The molecule has 2 aromatic rings. The molecule has 1 aliphatic rings. The van der Waals surface area contributed by atoms with Crippen LogP contribution in [0.25, 0.3) is 0 Å². The van der Waals surface area contributed by atoms with Crippen molar-refractivity contribution in [2.24, 2.45) is 0 Å². The number of benzene rings is 1. The molecule has 1 fully saturated rings. The van der Waals surface area contributed by atoms with E-state index in [-0.39, 0.29) is 6.04 Å². The molecule has 0 unspecified atom stereocenters. The summed E-state index contributed by atoms with van der Waals surface area (Å²) < 4.78 is 5.42. The van der Waals surface area contributed by atoms with Crippen molar-refractivity contribution < 1.29 is 14.3 Å². The molecule has 0 aliphatic carbocycles. The average molecular weight is 382 g/mol. The Kier molecular flexibility index (Phi) is 7.11. The number of pyridine rings is 1. The molecule has 1 aromatic heterocycles. The van der Waals surface area contributed by atoms with E-state index in [2.05, 4.69) is 20.5 Å². The number of carbonyl (C=O) groups excluding carboxylic acids is 2. The summed E-state index contributed by atoms with van der Waals surface area (Å²) in [5, 5.41) is 5.43. The highest BCUT2D eigenvalue weighted by Gasteiger charge is 2.24. The summed E-state index contributed by atoms with van der Waals surface area (Å²) in [6.45, 7) is 5.51. The van der Waals surface area contributed by atoms with Crippen LogP contribution < -0.4 is 10.6 Å². The van der Waals surface area contributed by atoms with Gasteiger partial charge in [0.15, 0.2) is 0 Å². The summed E-state index contributed by atoms with van der Waals surface area (Å²) in [6.07, 6.45) is 3.51. The van der Waals surface area contributed by atoms with Crippen LogP contribution in [0.2, 0.25) is 0 Å². The first-order valence-corrected chi connectivity index (χ1v) is 9.47. The van der Waals surface area contributed by atoms with Crippen molar-refractivity contribution in [2.75, 3.05) is 32.8 Å². The predicted molar refractivity (Wildman–Crippen MR) is 105 cm³/mol. The van der Waals surface area contributed by atoms with Crippen molar-refractivity contribution in [3.05, 3.63) is 65.5 Å². The van der Waals surface area contributed by atoms with Gasteiger partial charge >= 0.3 is 11.8 Å². The fourth-order valence-corrected chi connectivity index (χ4v) is 3.16. The number of aromatic nitrogens is 1. The second-order valence-corrected chi connectivity index (χ2v) is 6.83. The van der Waals surface area contributed by atoms with Gasteiger partial charge in [0, 0.05) is 38.6 Å². The van der Waals surface area contributed by atoms with E-state index < -0.39 is 11.8 Å². The van der Waals surface area contributed by atoms with Gasteiger partial charge in [-0.15, -0.1) is 0 Å². The summed E-state index contributed by atoms with van der Waals surface area (Å²) in [7, 11) is 0.